The number of amidine groups is 1. The number of rotatable bonds is 2. The predicted octanol–water partition coefficient (Wildman–Crippen LogP) is 4.32. The number of aliphatic imine (C=N–C) groups is 1. The van der Waals surface area contributed by atoms with E-state index in [2.05, 4.69) is 43.4 Å². The first-order valence-corrected chi connectivity index (χ1v) is 8.75. The van der Waals surface area contributed by atoms with Crippen LogP contribution in [0.1, 0.15) is 56.7 Å². The Morgan fingerprint density at radius 1 is 1.40 bits per heavy atom. The number of nitrogens with zero attached hydrogens (tertiary/aromatic N) is 1. The molecule has 2 aliphatic rings. The molecule has 2 atom stereocenters. The highest BCUT2D eigenvalue weighted by molar-refractivity contribution is 8.13. The molecular weight excluding hydrogens is 264 g/mol. The molecule has 108 valence electrons. The fourth-order valence-electron chi connectivity index (χ4n) is 3.07. The summed E-state index contributed by atoms with van der Waals surface area (Å²) in [5.41, 5.74) is 3.17. The molecule has 0 radical (unpaired) electrons. The maximum atomic E-state index is 5.05. The van der Waals surface area contributed by atoms with E-state index in [1.165, 1.54) is 42.6 Å². The van der Waals surface area contributed by atoms with Gasteiger partial charge in [-0.25, -0.2) is 0 Å². The fourth-order valence-corrected chi connectivity index (χ4v) is 4.33. The average molecular weight is 288 g/mol. The lowest BCUT2D eigenvalue weighted by atomic mass is 9.88. The van der Waals surface area contributed by atoms with Gasteiger partial charge in [-0.3, -0.25) is 4.99 Å². The Morgan fingerprint density at radius 3 is 3.10 bits per heavy atom. The van der Waals surface area contributed by atoms with Crippen molar-refractivity contribution in [3.63, 3.8) is 0 Å². The molecule has 0 bridgehead atoms. The van der Waals surface area contributed by atoms with Gasteiger partial charge in [-0.1, -0.05) is 43.0 Å². The number of aryl methyl sites for hydroxylation is 1. The quantitative estimate of drug-likeness (QED) is 0.876. The second-order valence-electron chi connectivity index (χ2n) is 6.18. The van der Waals surface area contributed by atoms with Gasteiger partial charge in [0.2, 0.25) is 0 Å². The molecule has 1 fully saturated rings. The molecule has 3 heteroatoms. The Kier molecular flexibility index (Phi) is 4.06. The summed E-state index contributed by atoms with van der Waals surface area (Å²) in [6, 6.07) is 9.18. The van der Waals surface area contributed by atoms with Gasteiger partial charge >= 0.3 is 0 Å². The van der Waals surface area contributed by atoms with Gasteiger partial charge in [0.15, 0.2) is 5.17 Å². The molecule has 3 rings (SSSR count). The Balaban J connectivity index is 1.82. The molecule has 1 aromatic carbocycles. The number of fused-ring (bicyclic) bond motifs is 1. The Hall–Kier alpha value is -0.960. The van der Waals surface area contributed by atoms with Crippen molar-refractivity contribution >= 4 is 16.9 Å². The zero-order valence-electron chi connectivity index (χ0n) is 12.5. The van der Waals surface area contributed by atoms with Crippen molar-refractivity contribution < 1.29 is 0 Å². The Bertz CT molecular complexity index is 511. The minimum atomic E-state index is 0.234. The minimum absolute atomic E-state index is 0.234. The largest absolute Gasteiger partial charge is 0.360 e. The van der Waals surface area contributed by atoms with Crippen LogP contribution in [0.5, 0.6) is 0 Å². The number of thioether (sulfide) groups is 1. The summed E-state index contributed by atoms with van der Waals surface area (Å²) in [5, 5.41) is 4.83. The van der Waals surface area contributed by atoms with Gasteiger partial charge in [-0.2, -0.15) is 0 Å². The van der Waals surface area contributed by atoms with Crippen LogP contribution in [-0.2, 0) is 6.42 Å². The summed E-state index contributed by atoms with van der Waals surface area (Å²) in [5.74, 6) is 1.19. The molecule has 1 saturated heterocycles. The topological polar surface area (TPSA) is 24.4 Å². The SMILES string of the molecule is CCC1(C)CCSC(=NC2CCCc3ccccc32)N1. The standard InChI is InChI=1S/C17H24N2S/c1-3-17(2)11-12-20-16(19-17)18-15-10-6-8-13-7-4-5-9-14(13)15/h4-5,7,9,15H,3,6,8,10-12H2,1-2H3,(H,18,19). The van der Waals surface area contributed by atoms with E-state index < -0.39 is 0 Å². The van der Waals surface area contributed by atoms with Crippen molar-refractivity contribution in [2.24, 2.45) is 4.99 Å². The highest BCUT2D eigenvalue weighted by atomic mass is 32.2. The lowest BCUT2D eigenvalue weighted by Crippen LogP contribution is -2.48. The van der Waals surface area contributed by atoms with E-state index >= 15 is 0 Å². The van der Waals surface area contributed by atoms with Crippen molar-refractivity contribution in [2.75, 3.05) is 5.75 Å². The highest BCUT2D eigenvalue weighted by Gasteiger charge is 2.28. The monoisotopic (exact) mass is 288 g/mol. The molecule has 20 heavy (non-hydrogen) atoms. The van der Waals surface area contributed by atoms with Gasteiger partial charge in [-0.05, 0) is 50.2 Å². The molecule has 2 nitrogen and oxygen atoms in total. The van der Waals surface area contributed by atoms with Gasteiger partial charge in [-0.15, -0.1) is 0 Å². The van der Waals surface area contributed by atoms with Gasteiger partial charge in [0.05, 0.1) is 6.04 Å². The van der Waals surface area contributed by atoms with E-state index in [0.29, 0.717) is 6.04 Å². The third kappa shape index (κ3) is 2.88. The summed E-state index contributed by atoms with van der Waals surface area (Å²) in [7, 11) is 0. The number of nitrogens with one attached hydrogen (secondary N) is 1. The molecule has 1 aliphatic carbocycles. The molecule has 1 heterocycles. The van der Waals surface area contributed by atoms with Crippen molar-refractivity contribution in [3.8, 4) is 0 Å². The molecule has 1 aromatic rings. The molecule has 1 aliphatic heterocycles. The predicted molar refractivity (Wildman–Crippen MR) is 88.5 cm³/mol. The van der Waals surface area contributed by atoms with Crippen LogP contribution in [0.25, 0.3) is 0 Å². The molecule has 0 saturated carbocycles. The third-order valence-electron chi connectivity index (χ3n) is 4.69. The number of hydrogen-bond acceptors (Lipinski definition) is 2. The van der Waals surface area contributed by atoms with Crippen LogP contribution in [0.2, 0.25) is 0 Å². The van der Waals surface area contributed by atoms with Gasteiger partial charge in [0.25, 0.3) is 0 Å². The van der Waals surface area contributed by atoms with Crippen LogP contribution in [0.3, 0.4) is 0 Å². The van der Waals surface area contributed by atoms with E-state index in [0.717, 1.165) is 11.6 Å². The first-order valence-electron chi connectivity index (χ1n) is 7.77. The summed E-state index contributed by atoms with van der Waals surface area (Å²) < 4.78 is 0. The van der Waals surface area contributed by atoms with Crippen molar-refractivity contribution in [3.05, 3.63) is 35.4 Å². The maximum absolute atomic E-state index is 5.05. The van der Waals surface area contributed by atoms with Gasteiger partial charge in [0.1, 0.15) is 0 Å². The summed E-state index contributed by atoms with van der Waals surface area (Å²) in [6.07, 6.45) is 6.05. The molecule has 0 spiro atoms. The maximum Gasteiger partial charge on any atom is 0.157 e. The van der Waals surface area contributed by atoms with Gasteiger partial charge < -0.3 is 5.32 Å². The van der Waals surface area contributed by atoms with Crippen LogP contribution in [0.15, 0.2) is 29.3 Å². The van der Waals surface area contributed by atoms with Crippen LogP contribution in [0, 0.1) is 0 Å². The number of hydrogen-bond donors (Lipinski definition) is 1. The van der Waals surface area contributed by atoms with E-state index in [1.54, 1.807) is 0 Å². The van der Waals surface area contributed by atoms with E-state index in [9.17, 15) is 0 Å². The third-order valence-corrected chi connectivity index (χ3v) is 5.58. The molecular formula is C17H24N2S. The van der Waals surface area contributed by atoms with Crippen LogP contribution < -0.4 is 5.32 Å². The van der Waals surface area contributed by atoms with Crippen molar-refractivity contribution in [2.45, 2.75) is 57.5 Å². The smallest absolute Gasteiger partial charge is 0.157 e. The molecule has 2 unspecified atom stereocenters. The summed E-state index contributed by atoms with van der Waals surface area (Å²) in [4.78, 5) is 5.05. The zero-order valence-corrected chi connectivity index (χ0v) is 13.3. The minimum Gasteiger partial charge on any atom is -0.360 e. The summed E-state index contributed by atoms with van der Waals surface area (Å²) >= 11 is 1.89. The zero-order chi connectivity index (χ0) is 14.0. The summed E-state index contributed by atoms with van der Waals surface area (Å²) in [6.45, 7) is 4.58. The highest BCUT2D eigenvalue weighted by Crippen LogP contribution is 2.34. The van der Waals surface area contributed by atoms with E-state index in [1.807, 2.05) is 11.8 Å². The van der Waals surface area contributed by atoms with Crippen LogP contribution in [-0.4, -0.2) is 16.5 Å². The Labute approximate surface area is 126 Å². The first-order chi connectivity index (χ1) is 9.70. The molecule has 1 N–H and O–H groups in total. The first kappa shape index (κ1) is 14.0. The van der Waals surface area contributed by atoms with E-state index in [-0.39, 0.29) is 5.54 Å². The molecule has 0 amide bonds. The van der Waals surface area contributed by atoms with Gasteiger partial charge in [0, 0.05) is 11.3 Å². The van der Waals surface area contributed by atoms with Crippen LogP contribution in [0.4, 0.5) is 0 Å². The Morgan fingerprint density at radius 2 is 2.25 bits per heavy atom. The lowest BCUT2D eigenvalue weighted by molar-refractivity contribution is 0.388. The lowest BCUT2D eigenvalue weighted by Gasteiger charge is -2.36. The van der Waals surface area contributed by atoms with E-state index in [4.69, 9.17) is 4.99 Å². The second-order valence-corrected chi connectivity index (χ2v) is 7.26. The number of benzene rings is 1. The molecule has 0 aromatic heterocycles. The fraction of sp³-hybridized carbons (Fsp3) is 0.588. The van der Waals surface area contributed by atoms with Crippen LogP contribution >= 0.6 is 11.8 Å². The normalized spacial score (nSPS) is 31.7. The second kappa shape index (κ2) is 5.80. The van der Waals surface area contributed by atoms with Crippen molar-refractivity contribution in [1.82, 2.24) is 5.32 Å². The van der Waals surface area contributed by atoms with Crippen molar-refractivity contribution in [1.29, 1.82) is 0 Å². The average Bonchev–Trinajstić information content (AvgIpc) is 2.48.